The standard InChI is InChI=1S/C10H18F3/c1-3-5-6-9(4-2)7-8-10(11,12)13/h8-9H,3-7H2,1-2H3. The van der Waals surface area contributed by atoms with E-state index in [4.69, 9.17) is 0 Å². The van der Waals surface area contributed by atoms with Crippen molar-refractivity contribution in [1.29, 1.82) is 0 Å². The van der Waals surface area contributed by atoms with Crippen LogP contribution in [0.4, 0.5) is 13.2 Å². The largest absolute Gasteiger partial charge is 0.392 e. The van der Waals surface area contributed by atoms with Gasteiger partial charge in [-0.1, -0.05) is 39.5 Å². The van der Waals surface area contributed by atoms with Crippen LogP contribution in [-0.4, -0.2) is 6.18 Å². The van der Waals surface area contributed by atoms with Crippen LogP contribution in [0.3, 0.4) is 0 Å². The second-order valence-corrected chi connectivity index (χ2v) is 3.40. The van der Waals surface area contributed by atoms with E-state index in [-0.39, 0.29) is 12.3 Å². The van der Waals surface area contributed by atoms with Crippen LogP contribution >= 0.6 is 0 Å². The summed E-state index contributed by atoms with van der Waals surface area (Å²) in [7, 11) is 0. The van der Waals surface area contributed by atoms with Crippen molar-refractivity contribution in [2.45, 2.75) is 52.1 Å². The first kappa shape index (κ1) is 12.8. The van der Waals surface area contributed by atoms with Gasteiger partial charge in [-0.05, 0) is 12.3 Å². The van der Waals surface area contributed by atoms with Gasteiger partial charge in [-0.25, -0.2) is 0 Å². The van der Waals surface area contributed by atoms with Crippen LogP contribution in [0.15, 0.2) is 0 Å². The molecule has 0 fully saturated rings. The lowest BCUT2D eigenvalue weighted by Gasteiger charge is -2.14. The highest BCUT2D eigenvalue weighted by molar-refractivity contribution is 4.77. The number of halogens is 3. The van der Waals surface area contributed by atoms with Crippen molar-refractivity contribution in [2.75, 3.05) is 0 Å². The van der Waals surface area contributed by atoms with E-state index < -0.39 is 6.18 Å². The van der Waals surface area contributed by atoms with Gasteiger partial charge < -0.3 is 0 Å². The van der Waals surface area contributed by atoms with Gasteiger partial charge in [-0.2, -0.15) is 13.2 Å². The predicted molar refractivity (Wildman–Crippen MR) is 48.3 cm³/mol. The Morgan fingerprint density at radius 2 is 1.85 bits per heavy atom. The lowest BCUT2D eigenvalue weighted by molar-refractivity contribution is -0.0997. The van der Waals surface area contributed by atoms with Gasteiger partial charge in [0.25, 0.3) is 0 Å². The number of rotatable bonds is 6. The van der Waals surface area contributed by atoms with E-state index in [1.165, 1.54) is 0 Å². The second-order valence-electron chi connectivity index (χ2n) is 3.40. The first-order valence-electron chi connectivity index (χ1n) is 4.90. The average molecular weight is 195 g/mol. The molecule has 0 saturated heterocycles. The van der Waals surface area contributed by atoms with E-state index in [2.05, 4.69) is 6.92 Å². The summed E-state index contributed by atoms with van der Waals surface area (Å²) < 4.78 is 35.5. The molecule has 0 rings (SSSR count). The normalized spacial score (nSPS) is 14.5. The summed E-state index contributed by atoms with van der Waals surface area (Å²) in [6.45, 7) is 4.00. The molecule has 0 aromatic heterocycles. The molecule has 13 heavy (non-hydrogen) atoms. The highest BCUT2D eigenvalue weighted by Gasteiger charge is 2.28. The third-order valence-corrected chi connectivity index (χ3v) is 2.23. The zero-order chi connectivity index (χ0) is 10.3. The van der Waals surface area contributed by atoms with Crippen LogP contribution in [0.25, 0.3) is 0 Å². The highest BCUT2D eigenvalue weighted by Crippen LogP contribution is 2.26. The van der Waals surface area contributed by atoms with Gasteiger partial charge in [-0.15, -0.1) is 0 Å². The van der Waals surface area contributed by atoms with Gasteiger partial charge in [0.05, 0.1) is 6.42 Å². The summed E-state index contributed by atoms with van der Waals surface area (Å²) in [5.41, 5.74) is 0. The Hall–Kier alpha value is -0.210. The van der Waals surface area contributed by atoms with Crippen molar-refractivity contribution in [2.24, 2.45) is 5.92 Å². The van der Waals surface area contributed by atoms with E-state index >= 15 is 0 Å². The number of unbranched alkanes of at least 4 members (excludes halogenated alkanes) is 1. The quantitative estimate of drug-likeness (QED) is 0.590. The lowest BCUT2D eigenvalue weighted by Crippen LogP contribution is -2.11. The van der Waals surface area contributed by atoms with Crippen LogP contribution < -0.4 is 0 Å². The van der Waals surface area contributed by atoms with Gasteiger partial charge in [0.1, 0.15) is 0 Å². The summed E-state index contributed by atoms with van der Waals surface area (Å²) in [5.74, 6) is 0.210. The third-order valence-electron chi connectivity index (χ3n) is 2.23. The Bertz CT molecular complexity index is 118. The fourth-order valence-corrected chi connectivity index (χ4v) is 1.28. The summed E-state index contributed by atoms with van der Waals surface area (Å²) in [4.78, 5) is 0. The van der Waals surface area contributed by atoms with E-state index in [0.717, 1.165) is 25.7 Å². The minimum absolute atomic E-state index is 0.181. The predicted octanol–water partition coefficient (Wildman–Crippen LogP) is 4.36. The van der Waals surface area contributed by atoms with Crippen molar-refractivity contribution in [1.82, 2.24) is 0 Å². The molecule has 0 heterocycles. The maximum absolute atomic E-state index is 11.8. The molecule has 0 amide bonds. The summed E-state index contributed by atoms with van der Waals surface area (Å²) in [6.07, 6.45) is 0.412. The molecular formula is C10H18F3. The van der Waals surface area contributed by atoms with Crippen molar-refractivity contribution >= 4 is 0 Å². The maximum atomic E-state index is 11.8. The van der Waals surface area contributed by atoms with Crippen LogP contribution in [-0.2, 0) is 0 Å². The molecule has 0 saturated carbocycles. The fraction of sp³-hybridized carbons (Fsp3) is 0.900. The molecule has 79 valence electrons. The number of hydrogen-bond donors (Lipinski definition) is 0. The Balaban J connectivity index is 3.59. The maximum Gasteiger partial charge on any atom is 0.392 e. The zero-order valence-corrected chi connectivity index (χ0v) is 8.32. The fourth-order valence-electron chi connectivity index (χ4n) is 1.28. The molecule has 0 bridgehead atoms. The third kappa shape index (κ3) is 8.13. The molecular weight excluding hydrogens is 177 g/mol. The van der Waals surface area contributed by atoms with Crippen molar-refractivity contribution in [3.05, 3.63) is 6.42 Å². The minimum atomic E-state index is -4.10. The molecule has 0 aromatic rings. The molecule has 0 N–H and O–H groups in total. The Kier molecular flexibility index (Phi) is 6.17. The molecule has 1 radical (unpaired) electrons. The van der Waals surface area contributed by atoms with Gasteiger partial charge in [-0.3, -0.25) is 0 Å². The molecule has 1 unspecified atom stereocenters. The average Bonchev–Trinajstić information content (AvgIpc) is 2.03. The molecule has 1 atom stereocenters. The topological polar surface area (TPSA) is 0 Å². The first-order valence-corrected chi connectivity index (χ1v) is 4.90. The summed E-state index contributed by atoms with van der Waals surface area (Å²) in [6, 6.07) is 0. The van der Waals surface area contributed by atoms with Crippen molar-refractivity contribution in [3.8, 4) is 0 Å². The molecule has 0 aliphatic carbocycles. The van der Waals surface area contributed by atoms with Gasteiger partial charge in [0.15, 0.2) is 0 Å². The molecule has 3 heteroatoms. The van der Waals surface area contributed by atoms with E-state index in [0.29, 0.717) is 6.42 Å². The Labute approximate surface area is 78.5 Å². The van der Waals surface area contributed by atoms with Gasteiger partial charge in [0, 0.05) is 0 Å². The van der Waals surface area contributed by atoms with Crippen molar-refractivity contribution in [3.63, 3.8) is 0 Å². The summed E-state index contributed by atoms with van der Waals surface area (Å²) >= 11 is 0. The molecule has 0 nitrogen and oxygen atoms in total. The van der Waals surface area contributed by atoms with E-state index in [1.807, 2.05) is 6.92 Å². The summed E-state index contributed by atoms with van der Waals surface area (Å²) in [5, 5.41) is 0. The van der Waals surface area contributed by atoms with Gasteiger partial charge in [0.2, 0.25) is 0 Å². The number of hydrogen-bond acceptors (Lipinski definition) is 0. The highest BCUT2D eigenvalue weighted by atomic mass is 19.4. The van der Waals surface area contributed by atoms with Crippen molar-refractivity contribution < 1.29 is 13.2 Å². The molecule has 0 spiro atoms. The number of alkyl halides is 3. The Morgan fingerprint density at radius 3 is 2.23 bits per heavy atom. The second kappa shape index (κ2) is 6.28. The first-order chi connectivity index (χ1) is 5.99. The van der Waals surface area contributed by atoms with Crippen LogP contribution in [0, 0.1) is 12.3 Å². The SMILES string of the molecule is CCCCC(CC)C[CH]C(F)(F)F. The Morgan fingerprint density at radius 1 is 1.23 bits per heavy atom. The van der Waals surface area contributed by atoms with E-state index in [1.54, 1.807) is 0 Å². The van der Waals surface area contributed by atoms with E-state index in [9.17, 15) is 13.2 Å². The van der Waals surface area contributed by atoms with Crippen LogP contribution in [0.1, 0.15) is 46.0 Å². The van der Waals surface area contributed by atoms with Crippen LogP contribution in [0.2, 0.25) is 0 Å². The smallest absolute Gasteiger partial charge is 0.171 e. The lowest BCUT2D eigenvalue weighted by atomic mass is 9.94. The van der Waals surface area contributed by atoms with Crippen LogP contribution in [0.5, 0.6) is 0 Å². The molecule has 0 aliphatic rings. The zero-order valence-electron chi connectivity index (χ0n) is 8.32. The molecule has 0 aromatic carbocycles. The van der Waals surface area contributed by atoms with Gasteiger partial charge >= 0.3 is 6.18 Å². The monoisotopic (exact) mass is 195 g/mol. The molecule has 0 aliphatic heterocycles. The minimum Gasteiger partial charge on any atom is -0.171 e.